The number of benzene rings is 1. The lowest BCUT2D eigenvalue weighted by Gasteiger charge is -2.06. The van der Waals surface area contributed by atoms with E-state index in [2.05, 4.69) is 30.6 Å². The van der Waals surface area contributed by atoms with E-state index in [1.54, 1.807) is 0 Å². The number of carbonyl (C=O) groups excluding carboxylic acids is 1. The summed E-state index contributed by atoms with van der Waals surface area (Å²) in [6.45, 7) is 1.79. The number of carbonyl (C=O) groups is 1. The maximum atomic E-state index is 11.0. The number of rotatable bonds is 3. The van der Waals surface area contributed by atoms with Crippen LogP contribution in [0.5, 0.6) is 5.88 Å². The van der Waals surface area contributed by atoms with Crippen LogP contribution in [0, 0.1) is 6.92 Å². The molecule has 0 saturated carbocycles. The van der Waals surface area contributed by atoms with Gasteiger partial charge in [0.15, 0.2) is 6.61 Å². The first-order valence-corrected chi connectivity index (χ1v) is 6.02. The molecule has 0 atom stereocenters. The summed E-state index contributed by atoms with van der Waals surface area (Å²) < 4.78 is 10.5. The first kappa shape index (κ1) is 12.8. The van der Waals surface area contributed by atoms with Crippen molar-refractivity contribution in [3.05, 3.63) is 28.4 Å². The van der Waals surface area contributed by atoms with E-state index in [1.165, 1.54) is 13.3 Å². The molecular weight excluding hydrogens is 300 g/mol. The molecule has 94 valence electrons. The fourth-order valence-corrected chi connectivity index (χ4v) is 2.12. The molecule has 0 aliphatic rings. The van der Waals surface area contributed by atoms with Crippen LogP contribution >= 0.6 is 15.9 Å². The topological polar surface area (TPSA) is 61.3 Å². The predicted molar refractivity (Wildman–Crippen MR) is 69.5 cm³/mol. The van der Waals surface area contributed by atoms with Crippen LogP contribution in [0.3, 0.4) is 0 Å². The van der Waals surface area contributed by atoms with Crippen molar-refractivity contribution in [2.24, 2.45) is 0 Å². The van der Waals surface area contributed by atoms with Crippen LogP contribution < -0.4 is 4.74 Å². The summed E-state index contributed by atoms with van der Waals surface area (Å²) in [4.78, 5) is 19.5. The average Bonchev–Trinajstić information content (AvgIpc) is 2.35. The molecule has 18 heavy (non-hydrogen) atoms. The Morgan fingerprint density at radius 1 is 1.44 bits per heavy atom. The molecule has 2 rings (SSSR count). The smallest absolute Gasteiger partial charge is 0.343 e. The molecule has 0 radical (unpaired) electrons. The Balaban J connectivity index is 2.29. The van der Waals surface area contributed by atoms with Gasteiger partial charge >= 0.3 is 5.97 Å². The molecule has 0 aliphatic carbocycles. The third-order valence-corrected chi connectivity index (χ3v) is 2.89. The second kappa shape index (κ2) is 5.30. The molecule has 0 amide bonds. The molecule has 0 aliphatic heterocycles. The molecule has 0 unspecified atom stereocenters. The molecule has 1 aromatic heterocycles. The van der Waals surface area contributed by atoms with Crippen molar-refractivity contribution in [1.29, 1.82) is 0 Å². The van der Waals surface area contributed by atoms with Gasteiger partial charge in [0.05, 0.1) is 18.8 Å². The normalized spacial score (nSPS) is 10.4. The van der Waals surface area contributed by atoms with Gasteiger partial charge in [-0.3, -0.25) is 0 Å². The highest BCUT2D eigenvalue weighted by Crippen LogP contribution is 2.24. The van der Waals surface area contributed by atoms with E-state index in [0.29, 0.717) is 11.4 Å². The molecule has 6 heteroatoms. The summed E-state index contributed by atoms with van der Waals surface area (Å²) in [5, 5.41) is 0. The third-order valence-electron chi connectivity index (χ3n) is 2.29. The molecule has 0 saturated heterocycles. The molecule has 5 nitrogen and oxygen atoms in total. The Kier molecular flexibility index (Phi) is 3.76. The van der Waals surface area contributed by atoms with E-state index in [1.807, 2.05) is 19.1 Å². The molecule has 0 spiro atoms. The lowest BCUT2D eigenvalue weighted by atomic mass is 10.2. The number of ether oxygens (including phenoxy) is 2. The molecule has 1 heterocycles. The third kappa shape index (κ3) is 2.76. The Morgan fingerprint density at radius 3 is 2.94 bits per heavy atom. The van der Waals surface area contributed by atoms with Crippen molar-refractivity contribution in [3.63, 3.8) is 0 Å². The Bertz CT molecular complexity index is 601. The Hall–Kier alpha value is -1.69. The minimum absolute atomic E-state index is 0.177. The molecule has 0 bridgehead atoms. The number of esters is 1. The van der Waals surface area contributed by atoms with Crippen molar-refractivity contribution in [2.45, 2.75) is 6.92 Å². The van der Waals surface area contributed by atoms with Crippen molar-refractivity contribution < 1.29 is 14.3 Å². The second-order valence-electron chi connectivity index (χ2n) is 3.69. The van der Waals surface area contributed by atoms with Crippen LogP contribution in [0.1, 0.15) is 5.56 Å². The number of fused-ring (bicyclic) bond motifs is 1. The summed E-state index contributed by atoms with van der Waals surface area (Å²) >= 11 is 3.43. The van der Waals surface area contributed by atoms with Gasteiger partial charge in [0.2, 0.25) is 5.88 Å². The highest BCUT2D eigenvalue weighted by Gasteiger charge is 2.07. The van der Waals surface area contributed by atoms with E-state index < -0.39 is 5.97 Å². The Labute approximate surface area is 112 Å². The number of methoxy groups -OCH3 is 1. The highest BCUT2D eigenvalue weighted by atomic mass is 79.9. The van der Waals surface area contributed by atoms with Crippen molar-refractivity contribution >= 4 is 32.9 Å². The van der Waals surface area contributed by atoms with E-state index >= 15 is 0 Å². The number of aryl methyl sites for hydroxylation is 1. The second-order valence-corrected chi connectivity index (χ2v) is 4.54. The first-order valence-electron chi connectivity index (χ1n) is 5.22. The van der Waals surface area contributed by atoms with Crippen molar-refractivity contribution in [2.75, 3.05) is 13.7 Å². The number of nitrogens with zero attached hydrogens (tertiary/aromatic N) is 2. The molecular formula is C12H11BrN2O3. The maximum Gasteiger partial charge on any atom is 0.343 e. The van der Waals surface area contributed by atoms with Gasteiger partial charge in [0.25, 0.3) is 0 Å². The van der Waals surface area contributed by atoms with Gasteiger partial charge in [0, 0.05) is 4.47 Å². The maximum absolute atomic E-state index is 11.0. The number of halogens is 1. The van der Waals surface area contributed by atoms with Crippen LogP contribution in [0.15, 0.2) is 22.8 Å². The van der Waals surface area contributed by atoms with Crippen LogP contribution in [0.4, 0.5) is 0 Å². The standard InChI is InChI=1S/C12H11BrN2O3/c1-7-3-8(13)12-9(4-7)15-10(5-14-12)18-6-11(16)17-2/h3-5H,6H2,1-2H3. The molecule has 0 fully saturated rings. The summed E-state index contributed by atoms with van der Waals surface area (Å²) in [5.41, 5.74) is 2.53. The zero-order chi connectivity index (χ0) is 13.1. The monoisotopic (exact) mass is 310 g/mol. The fourth-order valence-electron chi connectivity index (χ4n) is 1.46. The lowest BCUT2D eigenvalue weighted by molar-refractivity contribution is -0.143. The predicted octanol–water partition coefficient (Wildman–Crippen LogP) is 2.25. The molecule has 1 aromatic carbocycles. The fraction of sp³-hybridized carbons (Fsp3) is 0.250. The minimum Gasteiger partial charge on any atom is -0.466 e. The summed E-state index contributed by atoms with van der Waals surface area (Å²) in [5.74, 6) is -0.160. The molecule has 2 aromatic rings. The first-order chi connectivity index (χ1) is 8.60. The van der Waals surface area contributed by atoms with Crippen LogP contribution in [0.25, 0.3) is 11.0 Å². The highest BCUT2D eigenvalue weighted by molar-refractivity contribution is 9.10. The van der Waals surface area contributed by atoms with E-state index in [0.717, 1.165) is 15.6 Å². The van der Waals surface area contributed by atoms with Crippen LogP contribution in [-0.4, -0.2) is 29.7 Å². The van der Waals surface area contributed by atoms with E-state index in [-0.39, 0.29) is 6.61 Å². The van der Waals surface area contributed by atoms with Gasteiger partial charge in [-0.15, -0.1) is 0 Å². The van der Waals surface area contributed by atoms with E-state index in [4.69, 9.17) is 4.74 Å². The summed E-state index contributed by atoms with van der Waals surface area (Å²) in [6, 6.07) is 3.87. The number of hydrogen-bond acceptors (Lipinski definition) is 5. The summed E-state index contributed by atoms with van der Waals surface area (Å²) in [7, 11) is 1.30. The largest absolute Gasteiger partial charge is 0.466 e. The Morgan fingerprint density at radius 2 is 2.22 bits per heavy atom. The van der Waals surface area contributed by atoms with Gasteiger partial charge in [-0.2, -0.15) is 0 Å². The summed E-state index contributed by atoms with van der Waals surface area (Å²) in [6.07, 6.45) is 1.48. The average molecular weight is 311 g/mol. The van der Waals surface area contributed by atoms with Gasteiger partial charge in [-0.25, -0.2) is 14.8 Å². The molecule has 0 N–H and O–H groups in total. The van der Waals surface area contributed by atoms with Crippen LogP contribution in [0.2, 0.25) is 0 Å². The van der Waals surface area contributed by atoms with E-state index in [9.17, 15) is 4.79 Å². The van der Waals surface area contributed by atoms with Gasteiger partial charge < -0.3 is 9.47 Å². The zero-order valence-electron chi connectivity index (χ0n) is 9.94. The van der Waals surface area contributed by atoms with Gasteiger partial charge in [-0.1, -0.05) is 0 Å². The van der Waals surface area contributed by atoms with Gasteiger partial charge in [0.1, 0.15) is 5.52 Å². The SMILES string of the molecule is COC(=O)COc1cnc2c(Br)cc(C)cc2n1. The number of aromatic nitrogens is 2. The quantitative estimate of drug-likeness (QED) is 0.814. The lowest BCUT2D eigenvalue weighted by Crippen LogP contribution is -2.13. The zero-order valence-corrected chi connectivity index (χ0v) is 11.5. The van der Waals surface area contributed by atoms with Crippen molar-refractivity contribution in [3.8, 4) is 5.88 Å². The minimum atomic E-state index is -0.456. The van der Waals surface area contributed by atoms with Gasteiger partial charge in [-0.05, 0) is 40.5 Å². The van der Waals surface area contributed by atoms with Crippen molar-refractivity contribution in [1.82, 2.24) is 9.97 Å². The van der Waals surface area contributed by atoms with Crippen LogP contribution in [-0.2, 0) is 9.53 Å². The number of hydrogen-bond donors (Lipinski definition) is 0.